The van der Waals surface area contributed by atoms with E-state index in [0.717, 1.165) is 81.2 Å². The summed E-state index contributed by atoms with van der Waals surface area (Å²) in [6, 6.07) is 14.0. The fraction of sp³-hybridized carbons (Fsp3) is 0.636. The van der Waals surface area contributed by atoms with Crippen molar-refractivity contribution < 1.29 is 18.5 Å². The molecule has 9 rings (SSSR count). The lowest BCUT2D eigenvalue weighted by atomic mass is 9.63. The number of carbonyl (C=O) groups excluding carboxylic acids is 1. The molecule has 4 heterocycles. The molecule has 54 heavy (non-hydrogen) atoms. The molecule has 2 unspecified atom stereocenters. The summed E-state index contributed by atoms with van der Waals surface area (Å²) in [6.45, 7) is 14.2. The van der Waals surface area contributed by atoms with Crippen LogP contribution in [0.3, 0.4) is 0 Å². The molecule has 4 fully saturated rings. The van der Waals surface area contributed by atoms with Crippen molar-refractivity contribution in [2.75, 3.05) is 51.3 Å². The van der Waals surface area contributed by atoms with Gasteiger partial charge in [-0.15, -0.1) is 0 Å². The lowest BCUT2D eigenvalue weighted by Crippen LogP contribution is -2.61. The Morgan fingerprint density at radius 1 is 1.11 bits per heavy atom. The number of piperidine rings is 1. The number of rotatable bonds is 4. The predicted octanol–water partition coefficient (Wildman–Crippen LogP) is 6.74. The number of hydrogen-bond donors (Lipinski definition) is 1. The van der Waals surface area contributed by atoms with Gasteiger partial charge in [-0.25, -0.2) is 4.21 Å². The summed E-state index contributed by atoms with van der Waals surface area (Å²) in [5.74, 6) is 5.30. The number of carbonyl (C=O) groups is 1. The van der Waals surface area contributed by atoms with Crippen molar-refractivity contribution in [3.8, 4) is 5.75 Å². The van der Waals surface area contributed by atoms with Gasteiger partial charge in [0.15, 0.2) is 0 Å². The molecule has 2 saturated carbocycles. The van der Waals surface area contributed by atoms with Crippen LogP contribution in [-0.4, -0.2) is 101 Å². The van der Waals surface area contributed by atoms with Gasteiger partial charge in [-0.3, -0.25) is 19.3 Å². The summed E-state index contributed by atoms with van der Waals surface area (Å²) in [5.41, 5.74) is 3.86. The summed E-state index contributed by atoms with van der Waals surface area (Å²) in [4.78, 5) is 21.9. The van der Waals surface area contributed by atoms with Crippen LogP contribution in [0.15, 0.2) is 48.6 Å². The molecule has 2 bridgehead atoms. The number of likely N-dealkylation sites (tertiary alicyclic amines) is 2. The van der Waals surface area contributed by atoms with E-state index in [1.807, 2.05) is 38.3 Å². The van der Waals surface area contributed by atoms with E-state index in [2.05, 4.69) is 70.3 Å². The summed E-state index contributed by atoms with van der Waals surface area (Å²) in [6.07, 6.45) is 12.1. The number of amides is 1. The minimum atomic E-state index is -2.95. The third-order valence-electron chi connectivity index (χ3n) is 15.3. The highest BCUT2D eigenvalue weighted by atomic mass is 35.5. The Kier molecular flexibility index (Phi) is 9.09. The summed E-state index contributed by atoms with van der Waals surface area (Å²) < 4.78 is 30.6. The van der Waals surface area contributed by atoms with Gasteiger partial charge in [0.05, 0.1) is 22.0 Å². The van der Waals surface area contributed by atoms with Crippen molar-refractivity contribution in [2.45, 2.75) is 107 Å². The number of fused-ring (bicyclic) bond motifs is 4. The molecule has 1 amide bonds. The number of benzene rings is 2. The van der Waals surface area contributed by atoms with Gasteiger partial charge in [-0.2, -0.15) is 0 Å². The van der Waals surface area contributed by atoms with E-state index in [-0.39, 0.29) is 22.5 Å². The molecule has 4 aliphatic heterocycles. The molecule has 2 aromatic rings. The van der Waals surface area contributed by atoms with Crippen LogP contribution in [0.5, 0.6) is 5.75 Å². The second kappa shape index (κ2) is 13.3. The van der Waals surface area contributed by atoms with Gasteiger partial charge in [-0.05, 0) is 131 Å². The molecule has 0 radical (unpaired) electrons. The van der Waals surface area contributed by atoms with Crippen molar-refractivity contribution in [1.82, 2.24) is 14.5 Å². The smallest absolute Gasteiger partial charge is 0.262 e. The van der Waals surface area contributed by atoms with Crippen molar-refractivity contribution >= 4 is 38.8 Å². The number of aryl methyl sites for hydroxylation is 1. The van der Waals surface area contributed by atoms with Crippen molar-refractivity contribution in [2.24, 2.45) is 23.2 Å². The van der Waals surface area contributed by atoms with Gasteiger partial charge in [0.25, 0.3) is 5.91 Å². The topological polar surface area (TPSA) is 74.4 Å². The Hall–Kier alpha value is -2.56. The number of methoxy groups -OCH3 is 1. The molecule has 2 saturated heterocycles. The molecular formula is C44H59ClN4O4S. The number of nitrogens with zero attached hydrogens (tertiary/aromatic N) is 3. The van der Waals surface area contributed by atoms with Crippen LogP contribution in [-0.2, 0) is 26.3 Å². The Bertz CT molecular complexity index is 1970. The number of anilines is 1. The molecule has 292 valence electrons. The van der Waals surface area contributed by atoms with Crippen LogP contribution < -0.4 is 14.4 Å². The van der Waals surface area contributed by atoms with Gasteiger partial charge in [-0.1, -0.05) is 36.7 Å². The first-order valence-electron chi connectivity index (χ1n) is 20.5. The first-order chi connectivity index (χ1) is 25.8. The number of halogens is 1. The molecule has 8 nitrogen and oxygen atoms in total. The number of ether oxygens (including phenoxy) is 2. The lowest BCUT2D eigenvalue weighted by molar-refractivity contribution is -0.0920. The minimum absolute atomic E-state index is 0.0421. The fourth-order valence-electron chi connectivity index (χ4n) is 11.7. The second-order valence-corrected chi connectivity index (χ2v) is 21.4. The predicted molar refractivity (Wildman–Crippen MR) is 219 cm³/mol. The SMILES string of the molecule is C=S1(=O)NC(=O)c2ccc3c(c2)N(C[C@@H]2CC[C@H]2[C@](CN2C[C@@H]4N(C(C)C)CC45C[C@@H]25)(OC)/C=C/C[C@H](C)[C@H]1C)C[C@@]1(CCCc2cc(Cl)ccc21)CO3. The molecule has 2 aromatic carbocycles. The fourth-order valence-corrected chi connectivity index (χ4v) is 13.3. The number of nitrogens with one attached hydrogen (secondary N) is 1. The minimum Gasteiger partial charge on any atom is -0.490 e. The number of allylic oxidation sites excluding steroid dienone is 1. The Balaban J connectivity index is 1.11. The lowest BCUT2D eigenvalue weighted by Gasteiger charge is -2.52. The zero-order valence-corrected chi connectivity index (χ0v) is 34.4. The Morgan fingerprint density at radius 3 is 2.70 bits per heavy atom. The third-order valence-corrected chi connectivity index (χ3v) is 17.8. The largest absolute Gasteiger partial charge is 0.490 e. The van der Waals surface area contributed by atoms with Gasteiger partial charge in [0, 0.05) is 84.6 Å². The van der Waals surface area contributed by atoms with E-state index in [0.29, 0.717) is 47.5 Å². The standard InChI is InChI=1S/C44H59ClN4O4S/c1-28(2)49-25-43-21-39(43)48(23-40(43)49)26-44(52-5)18-7-9-29(3)30(4)54(6,51)46-41(50)32-12-16-38-37(20-32)47(22-33-11-14-36(33)44)24-42(27-53-38)17-8-10-31-19-34(45)13-15-35(31)42/h7,12-13,15-16,18-20,28-30,33,36,39-40H,6,8-11,14,17,21-27H2,1-5H3,(H,46,50,51)/b18-7+/t29-,30+,33-,36+,39+,40-,42-,43?,44-,54?/m0/s1. The number of hydrogen-bond acceptors (Lipinski definition) is 7. The first-order valence-corrected chi connectivity index (χ1v) is 22.7. The van der Waals surface area contributed by atoms with Crippen LogP contribution in [0.2, 0.25) is 5.02 Å². The van der Waals surface area contributed by atoms with Gasteiger partial charge in [0.1, 0.15) is 11.4 Å². The molecule has 1 N–H and O–H groups in total. The van der Waals surface area contributed by atoms with Crippen LogP contribution in [0, 0.1) is 23.2 Å². The highest BCUT2D eigenvalue weighted by Gasteiger charge is 2.74. The average molecular weight is 775 g/mol. The molecule has 10 heteroatoms. The van der Waals surface area contributed by atoms with E-state index < -0.39 is 15.3 Å². The van der Waals surface area contributed by atoms with Crippen molar-refractivity contribution in [3.05, 3.63) is 70.3 Å². The van der Waals surface area contributed by atoms with Crippen molar-refractivity contribution in [1.29, 1.82) is 0 Å². The molecule has 3 aliphatic carbocycles. The molecule has 10 atom stereocenters. The van der Waals surface area contributed by atoms with Crippen LogP contribution in [0.1, 0.15) is 87.7 Å². The van der Waals surface area contributed by atoms with E-state index in [4.69, 9.17) is 21.1 Å². The van der Waals surface area contributed by atoms with Gasteiger partial charge in [0.2, 0.25) is 0 Å². The van der Waals surface area contributed by atoms with Crippen LogP contribution >= 0.6 is 11.6 Å². The van der Waals surface area contributed by atoms with Crippen LogP contribution in [0.25, 0.3) is 0 Å². The molecule has 2 spiro atoms. The van der Waals surface area contributed by atoms with E-state index in [9.17, 15) is 9.00 Å². The average Bonchev–Trinajstić information content (AvgIpc) is 3.87. The van der Waals surface area contributed by atoms with E-state index in [1.54, 1.807) is 0 Å². The maximum atomic E-state index is 14.1. The first kappa shape index (κ1) is 37.0. The summed E-state index contributed by atoms with van der Waals surface area (Å²) in [5, 5.41) is 0.451. The molecule has 0 aromatic heterocycles. The second-order valence-electron chi connectivity index (χ2n) is 18.5. The molecular weight excluding hydrogens is 716 g/mol. The monoisotopic (exact) mass is 774 g/mol. The Labute approximate surface area is 328 Å². The molecule has 7 aliphatic rings. The van der Waals surface area contributed by atoms with Gasteiger partial charge >= 0.3 is 0 Å². The summed E-state index contributed by atoms with van der Waals surface area (Å²) >= 11 is 6.54. The quantitative estimate of drug-likeness (QED) is 0.273. The highest BCUT2D eigenvalue weighted by molar-refractivity contribution is 7.99. The summed E-state index contributed by atoms with van der Waals surface area (Å²) in [7, 11) is -1.02. The zero-order valence-electron chi connectivity index (χ0n) is 32.8. The maximum absolute atomic E-state index is 14.1. The Morgan fingerprint density at radius 2 is 1.94 bits per heavy atom. The van der Waals surface area contributed by atoms with E-state index in [1.165, 1.54) is 24.1 Å². The van der Waals surface area contributed by atoms with Crippen molar-refractivity contribution in [3.63, 3.8) is 0 Å². The zero-order chi connectivity index (χ0) is 37.8. The van der Waals surface area contributed by atoms with Gasteiger partial charge < -0.3 is 14.4 Å². The normalized spacial score (nSPS) is 40.9. The maximum Gasteiger partial charge on any atom is 0.262 e. The highest BCUT2D eigenvalue weighted by Crippen LogP contribution is 2.65. The van der Waals surface area contributed by atoms with Crippen LogP contribution in [0.4, 0.5) is 5.69 Å². The van der Waals surface area contributed by atoms with E-state index >= 15 is 0 Å². The third kappa shape index (κ3) is 5.88.